The van der Waals surface area contributed by atoms with Gasteiger partial charge in [0.15, 0.2) is 11.6 Å². The van der Waals surface area contributed by atoms with Crippen LogP contribution in [-0.2, 0) is 38.1 Å². The Morgan fingerprint density at radius 1 is 0.936 bits per heavy atom. The number of aliphatic carboxylic acids is 1. The van der Waals surface area contributed by atoms with Gasteiger partial charge in [0.2, 0.25) is 0 Å². The van der Waals surface area contributed by atoms with Gasteiger partial charge in [0, 0.05) is 44.1 Å². The van der Waals surface area contributed by atoms with E-state index in [0.29, 0.717) is 6.42 Å². The largest absolute Gasteiger partial charge is 0.481 e. The summed E-state index contributed by atoms with van der Waals surface area (Å²) in [7, 11) is 0. The van der Waals surface area contributed by atoms with Crippen molar-refractivity contribution in [3.8, 4) is 0 Å². The maximum absolute atomic E-state index is 12.9. The predicted octanol–water partition coefficient (Wildman–Crippen LogP) is 1.23. The summed E-state index contributed by atoms with van der Waals surface area (Å²) in [4.78, 5) is 50.3. The number of aliphatic hydroxyl groups excluding tert-OH is 3. The fourth-order valence-electron chi connectivity index (χ4n) is 6.10. The summed E-state index contributed by atoms with van der Waals surface area (Å²) in [6.45, 7) is 3.23. The maximum Gasteiger partial charge on any atom is 0.330 e. The number of cyclic esters (lactones) is 1. The third-order valence-corrected chi connectivity index (χ3v) is 8.68. The fraction of sp³-hybridized carbons (Fsp3) is 0.588. The van der Waals surface area contributed by atoms with Crippen LogP contribution >= 0.6 is 0 Å². The van der Waals surface area contributed by atoms with Crippen LogP contribution in [0, 0.1) is 11.8 Å². The Bertz CT molecular complexity index is 1300. The van der Waals surface area contributed by atoms with E-state index in [9.17, 15) is 44.7 Å². The Kier molecular flexibility index (Phi) is 12.6. The molecule has 7 unspecified atom stereocenters. The number of esters is 1. The third-order valence-electron chi connectivity index (χ3n) is 8.68. The average Bonchev–Trinajstić information content (AvgIpc) is 3.72. The lowest BCUT2D eigenvalue weighted by Gasteiger charge is -2.44. The van der Waals surface area contributed by atoms with Crippen LogP contribution in [0.15, 0.2) is 60.8 Å². The highest BCUT2D eigenvalue weighted by Gasteiger charge is 2.51. The standard InChI is InChI=1S/C34H44O13/c1-19-10-8-6-4-3-5-7-9-11-22(45-28-16-23(36)31(39)20(2)32(28)40)15-27-30(33(41)42)24(37)18-34(43,47-27)17-21(35)14-26-25(46-26)12-13-29(38)44-19/h3-9,11-13,19-20,22-28,30-31,36-37,39,43H,10,14-18H2,1-2H3,(H,41,42)/t19?,20-,22+,23?,24+,25?,26?,27?,28-,30?,31+,34?/m1/s1. The van der Waals surface area contributed by atoms with Crippen molar-refractivity contribution < 1.29 is 63.7 Å². The second-order valence-electron chi connectivity index (χ2n) is 12.6. The molecule has 2 saturated heterocycles. The number of fused-ring (bicyclic) bond motifs is 3. The number of carboxylic acids is 1. The minimum absolute atomic E-state index is 0.121. The van der Waals surface area contributed by atoms with Gasteiger partial charge >= 0.3 is 11.9 Å². The van der Waals surface area contributed by atoms with Gasteiger partial charge in [-0.25, -0.2) is 4.79 Å². The van der Waals surface area contributed by atoms with Gasteiger partial charge < -0.3 is 44.5 Å². The minimum Gasteiger partial charge on any atom is -0.481 e. The number of aliphatic hydroxyl groups is 4. The van der Waals surface area contributed by atoms with Crippen molar-refractivity contribution >= 4 is 23.5 Å². The first kappa shape index (κ1) is 36.5. The molecule has 0 radical (unpaired) electrons. The van der Waals surface area contributed by atoms with Crippen molar-refractivity contribution in [1.82, 2.24) is 0 Å². The number of rotatable bonds is 3. The molecule has 5 N–H and O–H groups in total. The van der Waals surface area contributed by atoms with E-state index in [4.69, 9.17) is 18.9 Å². The molecule has 47 heavy (non-hydrogen) atoms. The van der Waals surface area contributed by atoms with Crippen molar-refractivity contribution in [2.24, 2.45) is 11.8 Å². The molecule has 4 aliphatic rings. The zero-order chi connectivity index (χ0) is 34.3. The maximum atomic E-state index is 12.9. The lowest BCUT2D eigenvalue weighted by atomic mass is 9.82. The highest BCUT2D eigenvalue weighted by molar-refractivity contribution is 5.86. The summed E-state index contributed by atoms with van der Waals surface area (Å²) in [5.74, 6) is -7.45. The molecule has 0 spiro atoms. The first-order valence-corrected chi connectivity index (χ1v) is 15.9. The molecular formula is C34H44O13. The van der Waals surface area contributed by atoms with Crippen molar-refractivity contribution in [1.29, 1.82) is 0 Å². The Morgan fingerprint density at radius 3 is 2.36 bits per heavy atom. The molecule has 12 atom stereocenters. The van der Waals surface area contributed by atoms with Gasteiger partial charge in [-0.1, -0.05) is 55.5 Å². The smallest absolute Gasteiger partial charge is 0.330 e. The number of hydrogen-bond acceptors (Lipinski definition) is 12. The molecule has 258 valence electrons. The lowest BCUT2D eigenvalue weighted by molar-refractivity contribution is -0.291. The van der Waals surface area contributed by atoms with E-state index >= 15 is 0 Å². The summed E-state index contributed by atoms with van der Waals surface area (Å²) >= 11 is 0. The number of epoxide rings is 1. The predicted molar refractivity (Wildman–Crippen MR) is 164 cm³/mol. The van der Waals surface area contributed by atoms with Gasteiger partial charge in [0.05, 0.1) is 43.0 Å². The molecule has 0 amide bonds. The van der Waals surface area contributed by atoms with Crippen molar-refractivity contribution in [3.63, 3.8) is 0 Å². The monoisotopic (exact) mass is 660 g/mol. The Labute approximate surface area is 272 Å². The normalized spacial score (nSPS) is 40.7. The minimum atomic E-state index is -2.21. The summed E-state index contributed by atoms with van der Waals surface area (Å²) < 4.78 is 22.7. The van der Waals surface area contributed by atoms with Gasteiger partial charge in [-0.3, -0.25) is 14.4 Å². The van der Waals surface area contributed by atoms with Gasteiger partial charge in [0.25, 0.3) is 0 Å². The first-order chi connectivity index (χ1) is 22.3. The van der Waals surface area contributed by atoms with Crippen molar-refractivity contribution in [2.45, 2.75) is 113 Å². The number of ketones is 2. The third kappa shape index (κ3) is 10.3. The molecule has 0 aromatic rings. The van der Waals surface area contributed by atoms with Gasteiger partial charge in [0.1, 0.15) is 30.0 Å². The van der Waals surface area contributed by atoms with Crippen molar-refractivity contribution in [2.75, 3.05) is 0 Å². The van der Waals surface area contributed by atoms with Gasteiger partial charge in [-0.05, 0) is 13.0 Å². The van der Waals surface area contributed by atoms with Crippen LogP contribution in [0.5, 0.6) is 0 Å². The lowest BCUT2D eigenvalue weighted by Crippen LogP contribution is -2.56. The SMILES string of the molecule is CC1CC=CC=CC=CC=C[C@H](O[C@@H]2CC(O)[C@@H](O)[C@@H](C)C2=O)CC2OC(O)(CC(=O)CC3OC3C=CC(=O)O1)C[C@H](O)C2C(=O)O. The second kappa shape index (κ2) is 16.2. The van der Waals surface area contributed by atoms with E-state index in [2.05, 4.69) is 0 Å². The zero-order valence-electron chi connectivity index (χ0n) is 26.4. The van der Waals surface area contributed by atoms with Crippen LogP contribution in [0.25, 0.3) is 0 Å². The van der Waals surface area contributed by atoms with E-state index in [1.807, 2.05) is 6.08 Å². The van der Waals surface area contributed by atoms with E-state index in [1.165, 1.54) is 19.1 Å². The van der Waals surface area contributed by atoms with Crippen LogP contribution in [0.4, 0.5) is 0 Å². The molecule has 1 saturated carbocycles. The quantitative estimate of drug-likeness (QED) is 0.213. The molecule has 0 aromatic heterocycles. The van der Waals surface area contributed by atoms with Crippen LogP contribution in [0.2, 0.25) is 0 Å². The zero-order valence-corrected chi connectivity index (χ0v) is 26.4. The number of ether oxygens (including phenoxy) is 4. The van der Waals surface area contributed by atoms with Crippen molar-refractivity contribution in [3.05, 3.63) is 60.8 Å². The molecule has 3 fully saturated rings. The summed E-state index contributed by atoms with van der Waals surface area (Å²) in [6, 6.07) is 0. The molecule has 3 heterocycles. The molecular weight excluding hydrogens is 616 g/mol. The molecule has 4 rings (SSSR count). The molecule has 2 bridgehead atoms. The van der Waals surface area contributed by atoms with E-state index in [1.54, 1.807) is 49.5 Å². The summed E-state index contributed by atoms with van der Waals surface area (Å²) in [6.07, 6.45) is 6.24. The topological polar surface area (TPSA) is 210 Å². The molecule has 3 aliphatic heterocycles. The van der Waals surface area contributed by atoms with Crippen LogP contribution in [-0.4, -0.2) is 110 Å². The second-order valence-corrected chi connectivity index (χ2v) is 12.6. The summed E-state index contributed by atoms with van der Waals surface area (Å²) in [5, 5.41) is 52.6. The van der Waals surface area contributed by atoms with Gasteiger partial charge in [-0.15, -0.1) is 0 Å². The van der Waals surface area contributed by atoms with E-state index < -0.39 is 103 Å². The Morgan fingerprint density at radius 2 is 1.64 bits per heavy atom. The highest BCUT2D eigenvalue weighted by atomic mass is 16.6. The Balaban J connectivity index is 1.59. The van der Waals surface area contributed by atoms with Crippen LogP contribution in [0.1, 0.15) is 52.4 Å². The number of carbonyl (C=O) groups excluding carboxylic acids is 3. The van der Waals surface area contributed by atoms with Crippen LogP contribution < -0.4 is 0 Å². The molecule has 1 aliphatic carbocycles. The highest BCUT2D eigenvalue weighted by Crippen LogP contribution is 2.38. The number of carboxylic acid groups (broad SMARTS) is 1. The number of hydrogen-bond donors (Lipinski definition) is 5. The fourth-order valence-corrected chi connectivity index (χ4v) is 6.10. The molecule has 13 heteroatoms. The Hall–Kier alpha value is -3.30. The molecule has 13 nitrogen and oxygen atoms in total. The van der Waals surface area contributed by atoms with Gasteiger partial charge in [-0.2, -0.15) is 0 Å². The summed E-state index contributed by atoms with van der Waals surface area (Å²) in [5.41, 5.74) is 0. The average molecular weight is 661 g/mol. The first-order valence-electron chi connectivity index (χ1n) is 15.9. The number of carbonyl (C=O) groups is 4. The molecule has 0 aromatic carbocycles. The van der Waals surface area contributed by atoms with E-state index in [0.717, 1.165) is 0 Å². The van der Waals surface area contributed by atoms with Crippen LogP contribution in [0.3, 0.4) is 0 Å². The number of allylic oxidation sites excluding steroid dienone is 6. The number of Topliss-reactive ketones (excluding diaryl/α,β-unsaturated/α-hetero) is 2. The van der Waals surface area contributed by atoms with E-state index in [-0.39, 0.29) is 25.4 Å².